The Hall–Kier alpha value is -3.22. The smallest absolute Gasteiger partial charge is 0.248 e. The van der Waals surface area contributed by atoms with E-state index in [1.165, 1.54) is 6.07 Å². The van der Waals surface area contributed by atoms with Crippen molar-refractivity contribution >= 4 is 40.7 Å². The summed E-state index contributed by atoms with van der Waals surface area (Å²) in [5, 5.41) is 0.837. The molecule has 3 aromatic carbocycles. The van der Waals surface area contributed by atoms with Gasteiger partial charge in [0.25, 0.3) is 0 Å². The van der Waals surface area contributed by atoms with Gasteiger partial charge in [-0.1, -0.05) is 23.2 Å². The van der Waals surface area contributed by atoms with Gasteiger partial charge in [-0.3, -0.25) is 9.59 Å². The summed E-state index contributed by atoms with van der Waals surface area (Å²) in [7, 11) is 3.14. The van der Waals surface area contributed by atoms with Gasteiger partial charge < -0.3 is 20.1 Å². The predicted molar refractivity (Wildman–Crippen MR) is 129 cm³/mol. The predicted octanol–water partition coefficient (Wildman–Crippen LogP) is 4.96. The Labute approximate surface area is 201 Å². The Bertz CT molecular complexity index is 1280. The molecule has 33 heavy (non-hydrogen) atoms. The Kier molecular flexibility index (Phi) is 5.99. The first-order valence-electron chi connectivity index (χ1n) is 10.1. The van der Waals surface area contributed by atoms with E-state index >= 15 is 0 Å². The number of carbonyl (C=O) groups is 2. The normalized spacial score (nSPS) is 17.1. The van der Waals surface area contributed by atoms with Gasteiger partial charge in [0.2, 0.25) is 11.8 Å². The van der Waals surface area contributed by atoms with Crippen molar-refractivity contribution in [2.24, 2.45) is 5.73 Å². The summed E-state index contributed by atoms with van der Waals surface area (Å²) in [6.07, 6.45) is 0. The summed E-state index contributed by atoms with van der Waals surface area (Å²) in [6, 6.07) is 15.4. The maximum absolute atomic E-state index is 14.0. The third-order valence-corrected chi connectivity index (χ3v) is 6.64. The van der Waals surface area contributed by atoms with Crippen molar-refractivity contribution in [1.29, 1.82) is 0 Å². The molecule has 0 saturated heterocycles. The van der Waals surface area contributed by atoms with Gasteiger partial charge in [0, 0.05) is 32.9 Å². The van der Waals surface area contributed by atoms with Gasteiger partial charge in [0.1, 0.15) is 16.9 Å². The van der Waals surface area contributed by atoms with Crippen LogP contribution in [-0.2, 0) is 16.8 Å². The third kappa shape index (κ3) is 3.79. The van der Waals surface area contributed by atoms with Crippen LogP contribution in [0.15, 0.2) is 54.6 Å². The number of anilines is 1. The van der Waals surface area contributed by atoms with E-state index in [1.807, 2.05) is 18.2 Å². The number of fused-ring (bicyclic) bond motifs is 1. The molecule has 2 amide bonds. The van der Waals surface area contributed by atoms with E-state index in [2.05, 4.69) is 0 Å². The van der Waals surface area contributed by atoms with Crippen molar-refractivity contribution in [2.45, 2.75) is 18.9 Å². The standard InChI is InChI=1S/C25H22Cl2N2O4/c1-25(18-10-14(23(28)30)5-8-20(18)27)19-11-16(26)6-9-21(19)29(24(25)31)13-15-4-7-17(32-2)12-22(15)33-3/h4-12H,13H2,1-3H3,(H2,28,30). The Morgan fingerprint density at radius 1 is 1.00 bits per heavy atom. The number of primary amides is 1. The SMILES string of the molecule is COc1ccc(CN2C(=O)C(C)(c3cc(C(N)=O)ccc3Cl)c3cc(Cl)ccc32)c(OC)c1. The molecule has 8 heteroatoms. The van der Waals surface area contributed by atoms with E-state index in [9.17, 15) is 9.59 Å². The summed E-state index contributed by atoms with van der Waals surface area (Å²) in [5.41, 5.74) is 7.25. The number of halogens is 2. The maximum atomic E-state index is 14.0. The van der Waals surface area contributed by atoms with Crippen molar-refractivity contribution < 1.29 is 19.1 Å². The van der Waals surface area contributed by atoms with Crippen LogP contribution in [0.5, 0.6) is 11.5 Å². The summed E-state index contributed by atoms with van der Waals surface area (Å²) < 4.78 is 10.8. The molecule has 4 rings (SSSR count). The zero-order valence-corrected chi connectivity index (χ0v) is 19.8. The fourth-order valence-electron chi connectivity index (χ4n) is 4.27. The molecule has 3 aromatic rings. The molecular weight excluding hydrogens is 463 g/mol. The number of amides is 2. The summed E-state index contributed by atoms with van der Waals surface area (Å²) in [4.78, 5) is 27.5. The van der Waals surface area contributed by atoms with Crippen LogP contribution < -0.4 is 20.1 Å². The molecule has 0 aromatic heterocycles. The van der Waals surface area contributed by atoms with Gasteiger partial charge in [0.05, 0.1) is 20.8 Å². The molecule has 170 valence electrons. The molecule has 0 aliphatic carbocycles. The van der Waals surface area contributed by atoms with Crippen molar-refractivity contribution in [3.63, 3.8) is 0 Å². The van der Waals surface area contributed by atoms with E-state index in [0.29, 0.717) is 38.4 Å². The second kappa shape index (κ2) is 8.61. The lowest BCUT2D eigenvalue weighted by molar-refractivity contribution is -0.121. The summed E-state index contributed by atoms with van der Waals surface area (Å²) in [6.45, 7) is 2.03. The Morgan fingerprint density at radius 2 is 1.76 bits per heavy atom. The van der Waals surface area contributed by atoms with Gasteiger partial charge in [-0.2, -0.15) is 0 Å². The van der Waals surface area contributed by atoms with Crippen LogP contribution in [0.3, 0.4) is 0 Å². The number of hydrogen-bond donors (Lipinski definition) is 1. The monoisotopic (exact) mass is 484 g/mol. The fraction of sp³-hybridized carbons (Fsp3) is 0.200. The van der Waals surface area contributed by atoms with E-state index in [1.54, 1.807) is 56.4 Å². The minimum atomic E-state index is -1.18. The number of ether oxygens (including phenoxy) is 2. The van der Waals surface area contributed by atoms with E-state index < -0.39 is 11.3 Å². The van der Waals surface area contributed by atoms with Crippen LogP contribution >= 0.6 is 23.2 Å². The first-order chi connectivity index (χ1) is 15.7. The third-order valence-electron chi connectivity index (χ3n) is 6.07. The molecule has 0 saturated carbocycles. The molecule has 1 unspecified atom stereocenters. The number of rotatable bonds is 6. The van der Waals surface area contributed by atoms with E-state index in [4.69, 9.17) is 38.4 Å². The van der Waals surface area contributed by atoms with Crippen molar-refractivity contribution in [3.8, 4) is 11.5 Å². The molecular formula is C25H22Cl2N2O4. The van der Waals surface area contributed by atoms with Crippen LogP contribution in [0.2, 0.25) is 10.0 Å². The minimum absolute atomic E-state index is 0.207. The first-order valence-corrected chi connectivity index (χ1v) is 10.9. The molecule has 0 bridgehead atoms. The fourth-order valence-corrected chi connectivity index (χ4v) is 4.75. The van der Waals surface area contributed by atoms with Crippen molar-refractivity contribution in [1.82, 2.24) is 0 Å². The lowest BCUT2D eigenvalue weighted by Gasteiger charge is -2.27. The number of methoxy groups -OCH3 is 2. The quantitative estimate of drug-likeness (QED) is 0.535. The molecule has 1 aliphatic rings. The van der Waals surface area contributed by atoms with E-state index in [0.717, 1.165) is 5.56 Å². The van der Waals surface area contributed by atoms with Gasteiger partial charge in [-0.25, -0.2) is 0 Å². The number of benzene rings is 3. The zero-order valence-electron chi connectivity index (χ0n) is 18.3. The highest BCUT2D eigenvalue weighted by Crippen LogP contribution is 2.49. The highest BCUT2D eigenvalue weighted by Gasteiger charge is 2.50. The first kappa shape index (κ1) is 23.0. The van der Waals surface area contributed by atoms with Crippen LogP contribution in [0, 0.1) is 0 Å². The molecule has 1 atom stereocenters. The van der Waals surface area contributed by atoms with E-state index in [-0.39, 0.29) is 18.0 Å². The van der Waals surface area contributed by atoms with Crippen LogP contribution in [0.4, 0.5) is 5.69 Å². The highest BCUT2D eigenvalue weighted by atomic mass is 35.5. The van der Waals surface area contributed by atoms with Crippen LogP contribution in [0.1, 0.15) is 34.0 Å². The number of hydrogen-bond acceptors (Lipinski definition) is 4. The second-order valence-electron chi connectivity index (χ2n) is 7.91. The Balaban J connectivity index is 1.87. The number of nitrogens with two attached hydrogens (primary N) is 1. The molecule has 0 radical (unpaired) electrons. The van der Waals surface area contributed by atoms with Gasteiger partial charge in [-0.05, 0) is 66.6 Å². The topological polar surface area (TPSA) is 81.9 Å². The summed E-state index contributed by atoms with van der Waals surface area (Å²) in [5.74, 6) is 0.435. The average Bonchev–Trinajstić information content (AvgIpc) is 3.01. The lowest BCUT2D eigenvalue weighted by Crippen LogP contribution is -2.39. The molecule has 1 aliphatic heterocycles. The van der Waals surface area contributed by atoms with Crippen LogP contribution in [-0.4, -0.2) is 26.0 Å². The maximum Gasteiger partial charge on any atom is 0.248 e. The largest absolute Gasteiger partial charge is 0.497 e. The molecule has 2 N–H and O–H groups in total. The molecule has 0 spiro atoms. The van der Waals surface area contributed by atoms with Gasteiger partial charge >= 0.3 is 0 Å². The van der Waals surface area contributed by atoms with Crippen molar-refractivity contribution in [3.05, 3.63) is 86.9 Å². The lowest BCUT2D eigenvalue weighted by atomic mass is 9.76. The number of carbonyl (C=O) groups excluding carboxylic acids is 2. The molecule has 6 nitrogen and oxygen atoms in total. The molecule has 1 heterocycles. The summed E-state index contributed by atoms with van der Waals surface area (Å²) >= 11 is 12.9. The van der Waals surface area contributed by atoms with Gasteiger partial charge in [0.15, 0.2) is 0 Å². The minimum Gasteiger partial charge on any atom is -0.497 e. The molecule has 0 fully saturated rings. The number of nitrogens with zero attached hydrogens (tertiary/aromatic N) is 1. The average molecular weight is 485 g/mol. The second-order valence-corrected chi connectivity index (χ2v) is 8.76. The zero-order chi connectivity index (χ0) is 23.9. The van der Waals surface area contributed by atoms with Crippen LogP contribution in [0.25, 0.3) is 0 Å². The van der Waals surface area contributed by atoms with Gasteiger partial charge in [-0.15, -0.1) is 0 Å². The van der Waals surface area contributed by atoms with Crippen molar-refractivity contribution in [2.75, 3.05) is 19.1 Å². The highest BCUT2D eigenvalue weighted by molar-refractivity contribution is 6.33. The Morgan fingerprint density at radius 3 is 2.42 bits per heavy atom.